The van der Waals surface area contributed by atoms with Crippen molar-refractivity contribution in [2.24, 2.45) is 5.73 Å². The molecule has 4 aromatic rings. The number of halogens is 3. The number of ether oxygens (including phenoxy) is 4. The third-order valence-electron chi connectivity index (χ3n) is 12.0. The Balaban J connectivity index is 1.59. The second-order valence-electron chi connectivity index (χ2n) is 16.4. The number of fused-ring (bicyclic) bond motifs is 3. The predicted octanol–water partition coefficient (Wildman–Crippen LogP) is 8.32. The highest BCUT2D eigenvalue weighted by Gasteiger charge is 2.49. The van der Waals surface area contributed by atoms with Crippen molar-refractivity contribution in [3.63, 3.8) is 0 Å². The van der Waals surface area contributed by atoms with Crippen molar-refractivity contribution in [2.75, 3.05) is 52.6 Å². The van der Waals surface area contributed by atoms with E-state index >= 15 is 8.78 Å². The number of hydrogen-bond donors (Lipinski definition) is 2. The number of anilines is 1. The van der Waals surface area contributed by atoms with Crippen molar-refractivity contribution >= 4 is 41.5 Å². The standard InChI is InChI=1S/C43H55F3N6O5Si/c1-25(2)58(26(3)4,27(5)6)18-14-31-33(45)13-12-28-19-30(57-24-54-7)20-32(35(28)31)38-37(46)39-36(41(49-38)55-8)40(48-16-9-11-34(47)53)51-42(50-39)56-23-43-15-10-17-52(43)22-29(44)21-43/h12-13,19-20,25-27,29H,9-11,15-17,21-24H2,1-8H3,(H2,47,53)(H,48,50,51)/t29-,43+/m1/s1. The number of aromatic nitrogens is 3. The molecule has 2 aromatic heterocycles. The Morgan fingerprint density at radius 1 is 1.05 bits per heavy atom. The minimum atomic E-state index is -2.34. The van der Waals surface area contributed by atoms with Gasteiger partial charge in [0.1, 0.15) is 54.8 Å². The summed E-state index contributed by atoms with van der Waals surface area (Å²) in [5.41, 5.74) is 9.32. The number of alkyl halides is 1. The molecule has 2 fully saturated rings. The van der Waals surface area contributed by atoms with Crippen LogP contribution in [-0.2, 0) is 9.53 Å². The maximum absolute atomic E-state index is 17.6. The van der Waals surface area contributed by atoms with Gasteiger partial charge in [-0.1, -0.05) is 53.5 Å². The van der Waals surface area contributed by atoms with Crippen LogP contribution >= 0.6 is 0 Å². The van der Waals surface area contributed by atoms with Crippen molar-refractivity contribution in [1.29, 1.82) is 0 Å². The Kier molecular flexibility index (Phi) is 13.1. The van der Waals surface area contributed by atoms with Gasteiger partial charge >= 0.3 is 6.01 Å². The van der Waals surface area contributed by atoms with Crippen LogP contribution in [0.15, 0.2) is 24.3 Å². The fraction of sp³-hybridized carbons (Fsp3) is 0.535. The maximum Gasteiger partial charge on any atom is 0.319 e. The molecule has 2 saturated heterocycles. The lowest BCUT2D eigenvalue weighted by molar-refractivity contribution is -0.118. The van der Waals surface area contributed by atoms with Gasteiger partial charge in [-0.05, 0) is 66.0 Å². The van der Waals surface area contributed by atoms with Crippen LogP contribution in [0, 0.1) is 23.1 Å². The fourth-order valence-electron chi connectivity index (χ4n) is 9.29. The molecule has 3 N–H and O–H groups in total. The summed E-state index contributed by atoms with van der Waals surface area (Å²) in [4.78, 5) is 27.5. The van der Waals surface area contributed by atoms with E-state index in [1.807, 2.05) is 0 Å². The van der Waals surface area contributed by atoms with Crippen LogP contribution in [0.1, 0.15) is 79.2 Å². The maximum atomic E-state index is 17.6. The number of methoxy groups -OCH3 is 2. The molecular formula is C43H55F3N6O5Si. The Morgan fingerprint density at radius 3 is 2.47 bits per heavy atom. The van der Waals surface area contributed by atoms with Crippen molar-refractivity contribution in [3.05, 3.63) is 41.5 Å². The fourth-order valence-corrected chi connectivity index (χ4v) is 14.5. The van der Waals surface area contributed by atoms with Crippen molar-refractivity contribution in [3.8, 4) is 40.4 Å². The van der Waals surface area contributed by atoms with Crippen LogP contribution in [-0.4, -0.2) is 92.8 Å². The first-order chi connectivity index (χ1) is 27.6. The minimum Gasteiger partial charge on any atom is -0.480 e. The van der Waals surface area contributed by atoms with Crippen LogP contribution in [0.25, 0.3) is 32.9 Å². The summed E-state index contributed by atoms with van der Waals surface area (Å²) < 4.78 is 71.6. The first-order valence-electron chi connectivity index (χ1n) is 20.1. The smallest absolute Gasteiger partial charge is 0.319 e. The van der Waals surface area contributed by atoms with Crippen LogP contribution in [0.3, 0.4) is 0 Å². The van der Waals surface area contributed by atoms with E-state index in [1.54, 1.807) is 18.2 Å². The zero-order valence-electron chi connectivity index (χ0n) is 34.7. The predicted molar refractivity (Wildman–Crippen MR) is 223 cm³/mol. The van der Waals surface area contributed by atoms with Gasteiger partial charge in [0.05, 0.1) is 18.2 Å². The third kappa shape index (κ3) is 8.28. The summed E-state index contributed by atoms with van der Waals surface area (Å²) in [5, 5.41) is 4.19. The van der Waals surface area contributed by atoms with Crippen LogP contribution < -0.4 is 25.3 Å². The number of primary amides is 1. The van der Waals surface area contributed by atoms with E-state index in [4.69, 9.17) is 29.7 Å². The van der Waals surface area contributed by atoms with Gasteiger partial charge in [-0.15, -0.1) is 5.54 Å². The molecule has 2 aromatic carbocycles. The molecule has 6 rings (SSSR count). The zero-order valence-corrected chi connectivity index (χ0v) is 35.7. The molecule has 0 spiro atoms. The minimum absolute atomic E-state index is 0.0155. The number of nitrogens with one attached hydrogen (secondary N) is 1. The molecule has 0 saturated carbocycles. The lowest BCUT2D eigenvalue weighted by atomic mass is 9.95. The van der Waals surface area contributed by atoms with Gasteiger partial charge in [-0.25, -0.2) is 18.2 Å². The normalized spacial score (nSPS) is 18.3. The number of hydrogen-bond acceptors (Lipinski definition) is 10. The molecule has 58 heavy (non-hydrogen) atoms. The number of carbonyl (C=O) groups excluding carboxylic acids is 1. The lowest BCUT2D eigenvalue weighted by Gasteiger charge is -2.38. The second kappa shape index (κ2) is 17.7. The van der Waals surface area contributed by atoms with Crippen molar-refractivity contribution in [1.82, 2.24) is 19.9 Å². The average molecular weight is 821 g/mol. The molecule has 4 heterocycles. The summed E-state index contributed by atoms with van der Waals surface area (Å²) in [6.45, 7) is 14.5. The summed E-state index contributed by atoms with van der Waals surface area (Å²) >= 11 is 0. The molecule has 0 unspecified atom stereocenters. The zero-order chi connectivity index (χ0) is 41.9. The highest BCUT2D eigenvalue weighted by molar-refractivity contribution is 6.90. The molecule has 15 heteroatoms. The number of pyridine rings is 1. The van der Waals surface area contributed by atoms with E-state index in [2.05, 4.69) is 73.2 Å². The second-order valence-corrected chi connectivity index (χ2v) is 22.0. The van der Waals surface area contributed by atoms with E-state index in [0.717, 1.165) is 19.4 Å². The van der Waals surface area contributed by atoms with Gasteiger partial charge in [0.2, 0.25) is 11.8 Å². The van der Waals surface area contributed by atoms with Gasteiger partial charge in [-0.2, -0.15) is 9.97 Å². The molecule has 312 valence electrons. The Labute approximate surface area is 339 Å². The Hall–Kier alpha value is -4.65. The topological polar surface area (TPSA) is 134 Å². The molecule has 2 aliphatic rings. The first-order valence-corrected chi connectivity index (χ1v) is 22.3. The van der Waals surface area contributed by atoms with E-state index in [-0.39, 0.29) is 88.4 Å². The first kappa shape index (κ1) is 42.9. The lowest BCUT2D eigenvalue weighted by Crippen LogP contribution is -2.43. The number of carbonyl (C=O) groups is 1. The molecule has 2 aliphatic heterocycles. The number of amides is 1. The van der Waals surface area contributed by atoms with Crippen LogP contribution in [0.4, 0.5) is 19.0 Å². The van der Waals surface area contributed by atoms with E-state index < -0.39 is 37.3 Å². The van der Waals surface area contributed by atoms with E-state index in [1.165, 1.54) is 20.3 Å². The molecule has 0 aliphatic carbocycles. The quantitative estimate of drug-likeness (QED) is 0.0492. The Bertz CT molecular complexity index is 2210. The largest absolute Gasteiger partial charge is 0.480 e. The molecule has 11 nitrogen and oxygen atoms in total. The van der Waals surface area contributed by atoms with E-state index in [0.29, 0.717) is 35.9 Å². The molecular weight excluding hydrogens is 766 g/mol. The van der Waals surface area contributed by atoms with Crippen molar-refractivity contribution < 1.29 is 36.9 Å². The highest BCUT2D eigenvalue weighted by atomic mass is 28.3. The van der Waals surface area contributed by atoms with E-state index in [9.17, 15) is 9.18 Å². The van der Waals surface area contributed by atoms with Crippen LogP contribution in [0.2, 0.25) is 16.6 Å². The van der Waals surface area contributed by atoms with Gasteiger partial charge in [0.25, 0.3) is 0 Å². The summed E-state index contributed by atoms with van der Waals surface area (Å²) in [6.07, 6.45) is 1.49. The number of nitrogens with zero attached hydrogens (tertiary/aromatic N) is 4. The molecule has 0 bridgehead atoms. The van der Waals surface area contributed by atoms with Crippen LogP contribution in [0.5, 0.6) is 17.6 Å². The monoisotopic (exact) mass is 820 g/mol. The van der Waals surface area contributed by atoms with Gasteiger partial charge in [-0.3, -0.25) is 9.69 Å². The molecule has 1 amide bonds. The number of benzene rings is 2. The highest BCUT2D eigenvalue weighted by Crippen LogP contribution is 2.44. The van der Waals surface area contributed by atoms with Gasteiger partial charge in [0, 0.05) is 44.0 Å². The molecule has 0 radical (unpaired) electrons. The van der Waals surface area contributed by atoms with Crippen molar-refractivity contribution in [2.45, 2.75) is 102 Å². The Morgan fingerprint density at radius 2 is 1.79 bits per heavy atom. The van der Waals surface area contributed by atoms with Gasteiger partial charge < -0.3 is 30.0 Å². The number of rotatable bonds is 16. The average Bonchev–Trinajstić information content (AvgIpc) is 3.70. The summed E-state index contributed by atoms with van der Waals surface area (Å²) in [7, 11) is 0.545. The summed E-state index contributed by atoms with van der Waals surface area (Å²) in [6, 6.07) is 6.15. The SMILES string of the molecule is COCOc1cc(-c2nc(OC)c3c(NCCCC(N)=O)nc(OC[C@@]45CCCN4C[C@H](F)C5)nc3c2F)c2c(C#C[Si](C(C)C)(C(C)C)C(C)C)c(F)ccc2c1. The van der Waals surface area contributed by atoms with Gasteiger partial charge in [0.15, 0.2) is 12.6 Å². The summed E-state index contributed by atoms with van der Waals surface area (Å²) in [5.74, 6) is 1.89. The third-order valence-corrected chi connectivity index (χ3v) is 18.2. The molecule has 2 atom stereocenters. The number of nitrogens with two attached hydrogens (primary N) is 1.